The Kier molecular flexibility index (Phi) is 4.89. The number of carbonyl (C=O) groups excluding carboxylic acids is 1. The van der Waals surface area contributed by atoms with Crippen LogP contribution in [-0.4, -0.2) is 39.2 Å². The predicted molar refractivity (Wildman–Crippen MR) is 95.3 cm³/mol. The zero-order chi connectivity index (χ0) is 18.1. The van der Waals surface area contributed by atoms with Gasteiger partial charge in [0.2, 0.25) is 0 Å². The largest absolute Gasteiger partial charge is 0.444 e. The Hall–Kier alpha value is -1.85. The van der Waals surface area contributed by atoms with Crippen molar-refractivity contribution in [2.24, 2.45) is 11.3 Å². The van der Waals surface area contributed by atoms with E-state index in [1.165, 1.54) is 19.0 Å². The van der Waals surface area contributed by atoms with Crippen LogP contribution in [0.25, 0.3) is 0 Å². The third kappa shape index (κ3) is 4.05. The third-order valence-corrected chi connectivity index (χ3v) is 5.59. The van der Waals surface area contributed by atoms with Gasteiger partial charge < -0.3 is 14.2 Å². The minimum Gasteiger partial charge on any atom is -0.444 e. The summed E-state index contributed by atoms with van der Waals surface area (Å²) in [7, 11) is 0. The highest BCUT2D eigenvalue weighted by Gasteiger charge is 2.46. The smallest absolute Gasteiger partial charge is 0.410 e. The molecular weight excluding hydrogens is 318 g/mol. The number of piperidine rings is 1. The lowest BCUT2D eigenvalue weighted by atomic mass is 9.69. The Balaban J connectivity index is 1.75. The quantitative estimate of drug-likeness (QED) is 0.825. The van der Waals surface area contributed by atoms with Crippen LogP contribution >= 0.6 is 0 Å². The van der Waals surface area contributed by atoms with Gasteiger partial charge in [0.15, 0.2) is 0 Å². The summed E-state index contributed by atoms with van der Waals surface area (Å²) >= 11 is 0. The van der Waals surface area contributed by atoms with E-state index in [4.69, 9.17) is 4.74 Å². The topological polar surface area (TPSA) is 64.4 Å². The Morgan fingerprint density at radius 1 is 1.36 bits per heavy atom. The third-order valence-electron chi connectivity index (χ3n) is 5.59. The molecule has 0 N–H and O–H groups in total. The predicted octanol–water partition coefficient (Wildman–Crippen LogP) is 3.06. The van der Waals surface area contributed by atoms with Crippen LogP contribution in [0.5, 0.6) is 0 Å². The number of nitrogens with zero attached hydrogens (tertiary/aromatic N) is 3. The molecule has 0 radical (unpaired) electrons. The second-order valence-electron chi connectivity index (χ2n) is 8.52. The van der Waals surface area contributed by atoms with E-state index in [0.29, 0.717) is 19.0 Å². The maximum atomic E-state index is 12.5. The van der Waals surface area contributed by atoms with Gasteiger partial charge in [0.05, 0.1) is 6.20 Å². The van der Waals surface area contributed by atoms with Crippen LogP contribution in [0.1, 0.15) is 52.9 Å². The highest BCUT2D eigenvalue weighted by atomic mass is 16.6. The van der Waals surface area contributed by atoms with Crippen LogP contribution in [0.4, 0.5) is 4.79 Å². The second-order valence-corrected chi connectivity index (χ2v) is 8.52. The second kappa shape index (κ2) is 6.81. The van der Waals surface area contributed by atoms with Crippen molar-refractivity contribution in [3.8, 4) is 0 Å². The lowest BCUT2D eigenvalue weighted by Gasteiger charge is -2.46. The van der Waals surface area contributed by atoms with Crippen molar-refractivity contribution in [3.05, 3.63) is 28.9 Å². The van der Waals surface area contributed by atoms with E-state index in [2.05, 4.69) is 4.98 Å². The Morgan fingerprint density at radius 3 is 2.72 bits per heavy atom. The van der Waals surface area contributed by atoms with Gasteiger partial charge in [-0.2, -0.15) is 0 Å². The van der Waals surface area contributed by atoms with Crippen molar-refractivity contribution < 1.29 is 9.53 Å². The van der Waals surface area contributed by atoms with E-state index >= 15 is 0 Å². The molecule has 2 fully saturated rings. The lowest BCUT2D eigenvalue weighted by molar-refractivity contribution is -0.0156. The fourth-order valence-corrected chi connectivity index (χ4v) is 4.38. The van der Waals surface area contributed by atoms with Gasteiger partial charge in [0.25, 0.3) is 5.56 Å². The van der Waals surface area contributed by atoms with Crippen LogP contribution in [0, 0.1) is 11.3 Å². The first kappa shape index (κ1) is 18.0. The van der Waals surface area contributed by atoms with E-state index in [0.717, 1.165) is 25.8 Å². The molecule has 1 atom stereocenters. The molecular formula is C19H29N3O3. The number of likely N-dealkylation sites (tertiary alicyclic amines) is 1. The van der Waals surface area contributed by atoms with Crippen molar-refractivity contribution in [2.75, 3.05) is 13.1 Å². The SMILES string of the molecule is CC(C)(C)OC(=O)N1CCC(Cn2ccncc2=O)C2(CCCC2)C1. The first-order valence-electron chi connectivity index (χ1n) is 9.27. The molecule has 6 nitrogen and oxygen atoms in total. The van der Waals surface area contributed by atoms with Gasteiger partial charge in [-0.1, -0.05) is 12.8 Å². The molecule has 3 rings (SSSR count). The molecule has 1 amide bonds. The van der Waals surface area contributed by atoms with E-state index in [1.54, 1.807) is 17.0 Å². The molecule has 1 unspecified atom stereocenters. The average Bonchev–Trinajstić information content (AvgIpc) is 2.99. The molecule has 1 saturated carbocycles. The summed E-state index contributed by atoms with van der Waals surface area (Å²) in [6.07, 6.45) is 10.1. The number of ether oxygens (including phenoxy) is 1. The minimum atomic E-state index is -0.471. The van der Waals surface area contributed by atoms with Gasteiger partial charge in [-0.05, 0) is 51.4 Å². The fourth-order valence-electron chi connectivity index (χ4n) is 4.38. The zero-order valence-electron chi connectivity index (χ0n) is 15.5. The lowest BCUT2D eigenvalue weighted by Crippen LogP contribution is -2.52. The first-order valence-corrected chi connectivity index (χ1v) is 9.27. The van der Waals surface area contributed by atoms with Gasteiger partial charge in [0.1, 0.15) is 5.60 Å². The van der Waals surface area contributed by atoms with E-state index in [9.17, 15) is 9.59 Å². The van der Waals surface area contributed by atoms with E-state index < -0.39 is 5.60 Å². The summed E-state index contributed by atoms with van der Waals surface area (Å²) in [5.74, 6) is 0.411. The average molecular weight is 347 g/mol. The molecule has 0 aromatic carbocycles. The maximum absolute atomic E-state index is 12.5. The molecule has 2 heterocycles. The summed E-state index contributed by atoms with van der Waals surface area (Å²) in [4.78, 5) is 30.3. The molecule has 1 aromatic heterocycles. The van der Waals surface area contributed by atoms with E-state index in [-0.39, 0.29) is 17.1 Å². The Morgan fingerprint density at radius 2 is 2.08 bits per heavy atom. The maximum Gasteiger partial charge on any atom is 0.410 e. The normalized spacial score (nSPS) is 23.0. The van der Waals surface area contributed by atoms with Gasteiger partial charge in [-0.25, -0.2) is 4.79 Å². The van der Waals surface area contributed by atoms with Gasteiger partial charge in [-0.15, -0.1) is 0 Å². The summed E-state index contributed by atoms with van der Waals surface area (Å²) in [6, 6.07) is 0. The molecule has 25 heavy (non-hydrogen) atoms. The highest BCUT2D eigenvalue weighted by Crippen LogP contribution is 2.49. The summed E-state index contributed by atoms with van der Waals surface area (Å²) in [5, 5.41) is 0. The van der Waals surface area contributed by atoms with Crippen LogP contribution in [-0.2, 0) is 11.3 Å². The first-order chi connectivity index (χ1) is 11.8. The number of amides is 1. The van der Waals surface area contributed by atoms with Crippen molar-refractivity contribution in [3.63, 3.8) is 0 Å². The molecule has 1 aliphatic carbocycles. The van der Waals surface area contributed by atoms with Crippen molar-refractivity contribution >= 4 is 6.09 Å². The van der Waals surface area contributed by atoms with Crippen LogP contribution in [0.15, 0.2) is 23.4 Å². The van der Waals surface area contributed by atoms with E-state index in [1.807, 2.05) is 25.7 Å². The molecule has 2 aliphatic rings. The van der Waals surface area contributed by atoms with Crippen LogP contribution in [0.2, 0.25) is 0 Å². The summed E-state index contributed by atoms with van der Waals surface area (Å²) in [5.41, 5.74) is -0.413. The van der Waals surface area contributed by atoms with Crippen LogP contribution in [0.3, 0.4) is 0 Å². The molecule has 0 bridgehead atoms. The fraction of sp³-hybridized carbons (Fsp3) is 0.737. The van der Waals surface area contributed by atoms with Gasteiger partial charge in [-0.3, -0.25) is 9.78 Å². The van der Waals surface area contributed by atoms with Crippen LogP contribution < -0.4 is 5.56 Å². The number of carbonyl (C=O) groups is 1. The van der Waals surface area contributed by atoms with Crippen molar-refractivity contribution in [2.45, 2.75) is 65.0 Å². The summed E-state index contributed by atoms with van der Waals surface area (Å²) < 4.78 is 7.34. The minimum absolute atomic E-state index is 0.0507. The molecule has 1 aliphatic heterocycles. The van der Waals surface area contributed by atoms with Crippen molar-refractivity contribution in [1.82, 2.24) is 14.5 Å². The Labute approximate surface area is 149 Å². The molecule has 138 valence electrons. The number of aromatic nitrogens is 2. The zero-order valence-corrected chi connectivity index (χ0v) is 15.5. The van der Waals surface area contributed by atoms with Gasteiger partial charge in [0, 0.05) is 32.0 Å². The summed E-state index contributed by atoms with van der Waals surface area (Å²) in [6.45, 7) is 7.85. The highest BCUT2D eigenvalue weighted by molar-refractivity contribution is 5.68. The number of hydrogen-bond donors (Lipinski definition) is 0. The van der Waals surface area contributed by atoms with Gasteiger partial charge >= 0.3 is 6.09 Å². The molecule has 1 saturated heterocycles. The van der Waals surface area contributed by atoms with Crippen molar-refractivity contribution in [1.29, 1.82) is 0 Å². The standard InChI is InChI=1S/C19H29N3O3/c1-18(2,3)25-17(24)22-10-6-15(19(14-22)7-4-5-8-19)13-21-11-9-20-12-16(21)23/h9,11-12,15H,4-8,10,13-14H2,1-3H3. The number of rotatable bonds is 2. The molecule has 1 aromatic rings. The number of hydrogen-bond acceptors (Lipinski definition) is 4. The molecule has 1 spiro atoms. The molecule has 6 heteroatoms. The monoisotopic (exact) mass is 347 g/mol. The Bertz CT molecular complexity index is 671.